The van der Waals surface area contributed by atoms with Crippen molar-refractivity contribution in [2.24, 2.45) is 0 Å². The maximum Gasteiger partial charge on any atom is 0.337 e. The van der Waals surface area contributed by atoms with Gasteiger partial charge in [0.15, 0.2) is 35.8 Å². The highest BCUT2D eigenvalue weighted by molar-refractivity contribution is 9.10. The Balaban J connectivity index is 0.000000182. The summed E-state index contributed by atoms with van der Waals surface area (Å²) in [6.45, 7) is 2.25. The first-order valence-electron chi connectivity index (χ1n) is 14.3. The number of rotatable bonds is 6. The van der Waals surface area contributed by atoms with Gasteiger partial charge in [-0.3, -0.25) is 0 Å². The molecule has 10 nitrogen and oxygen atoms in total. The van der Waals surface area contributed by atoms with Crippen molar-refractivity contribution < 1.29 is 61.0 Å². The lowest BCUT2D eigenvalue weighted by Gasteiger charge is -2.14. The van der Waals surface area contributed by atoms with Crippen LogP contribution in [0.1, 0.15) is 44.4 Å². The van der Waals surface area contributed by atoms with Crippen LogP contribution in [0.25, 0.3) is 0 Å². The number of phenolic OH excluding ortho intramolecular Hbond substituents is 1. The number of ether oxygens (including phenoxy) is 7. The Kier molecular flexibility index (Phi) is 14.0. The van der Waals surface area contributed by atoms with E-state index in [0.29, 0.717) is 32.2 Å². The summed E-state index contributed by atoms with van der Waals surface area (Å²) in [5, 5.41) is 9.27. The number of esters is 2. The van der Waals surface area contributed by atoms with Crippen LogP contribution in [0, 0.1) is 17.5 Å². The first-order chi connectivity index (χ1) is 23.5. The second-order valence-electron chi connectivity index (χ2n) is 9.90. The number of hydrogen-bond donors (Lipinski definition) is 1. The summed E-state index contributed by atoms with van der Waals surface area (Å²) in [5.41, 5.74) is 1.71. The maximum absolute atomic E-state index is 14.1. The Bertz CT molecular complexity index is 1760. The summed E-state index contributed by atoms with van der Waals surface area (Å²) in [4.78, 5) is 22.2. The van der Waals surface area contributed by atoms with E-state index in [1.165, 1.54) is 26.4 Å². The van der Waals surface area contributed by atoms with E-state index < -0.39 is 35.7 Å². The molecule has 15 heteroatoms. The molecule has 4 aromatic rings. The molecule has 0 aromatic heterocycles. The molecule has 4 aromatic carbocycles. The first-order valence-corrected chi connectivity index (χ1v) is 15.9. The molecule has 0 atom stereocenters. The van der Waals surface area contributed by atoms with Gasteiger partial charge in [-0.2, -0.15) is 0 Å². The smallest absolute Gasteiger partial charge is 0.337 e. The number of halogens is 5. The number of aromatic hydroxyl groups is 1. The van der Waals surface area contributed by atoms with Gasteiger partial charge in [-0.25, -0.2) is 22.8 Å². The molecule has 0 saturated carbocycles. The van der Waals surface area contributed by atoms with Crippen LogP contribution in [0.5, 0.6) is 17.2 Å². The lowest BCUT2D eigenvalue weighted by Crippen LogP contribution is -2.02. The van der Waals surface area contributed by atoms with E-state index in [1.54, 1.807) is 36.4 Å². The molecule has 6 rings (SSSR count). The van der Waals surface area contributed by atoms with Crippen LogP contribution in [0.15, 0.2) is 81.7 Å². The second-order valence-corrected chi connectivity index (χ2v) is 11.6. The summed E-state index contributed by atoms with van der Waals surface area (Å²) in [5.74, 6) is -3.34. The molecule has 1 N–H and O–H groups in total. The van der Waals surface area contributed by atoms with Crippen molar-refractivity contribution in [3.63, 3.8) is 0 Å². The quantitative estimate of drug-likeness (QED) is 0.191. The minimum absolute atomic E-state index is 0.00333. The zero-order valence-corrected chi connectivity index (χ0v) is 29.1. The zero-order chi connectivity index (χ0) is 35.5. The fourth-order valence-electron chi connectivity index (χ4n) is 4.25. The molecule has 2 fully saturated rings. The van der Waals surface area contributed by atoms with Crippen LogP contribution in [-0.4, -0.2) is 57.7 Å². The van der Waals surface area contributed by atoms with Crippen molar-refractivity contribution in [2.75, 3.05) is 40.6 Å². The van der Waals surface area contributed by atoms with Gasteiger partial charge >= 0.3 is 11.9 Å². The monoisotopic (exact) mass is 812 g/mol. The fraction of sp³-hybridized carbons (Fsp3) is 0.235. The van der Waals surface area contributed by atoms with Gasteiger partial charge in [0.05, 0.1) is 51.8 Å². The molecule has 2 aliphatic rings. The van der Waals surface area contributed by atoms with E-state index in [4.69, 9.17) is 23.7 Å². The van der Waals surface area contributed by atoms with Crippen molar-refractivity contribution in [3.8, 4) is 17.2 Å². The highest BCUT2D eigenvalue weighted by Crippen LogP contribution is 2.35. The highest BCUT2D eigenvalue weighted by atomic mass is 79.9. The fourth-order valence-corrected chi connectivity index (χ4v) is 5.12. The predicted octanol–water partition coefficient (Wildman–Crippen LogP) is 8.16. The second kappa shape index (κ2) is 18.1. The minimum atomic E-state index is -1.06. The van der Waals surface area contributed by atoms with E-state index in [-0.39, 0.29) is 28.9 Å². The largest absolute Gasteiger partial charge is 0.508 e. The average Bonchev–Trinajstić information content (AvgIpc) is 3.84. The van der Waals surface area contributed by atoms with Gasteiger partial charge < -0.3 is 38.3 Å². The number of benzene rings is 4. The molecule has 0 radical (unpaired) electrons. The van der Waals surface area contributed by atoms with Crippen molar-refractivity contribution in [1.82, 2.24) is 0 Å². The van der Waals surface area contributed by atoms with Crippen LogP contribution >= 0.6 is 31.9 Å². The molecule has 49 heavy (non-hydrogen) atoms. The number of carbonyl (C=O) groups excluding carboxylic acids is 2. The first kappa shape index (κ1) is 37.8. The van der Waals surface area contributed by atoms with Crippen molar-refractivity contribution in [3.05, 3.63) is 121 Å². The summed E-state index contributed by atoms with van der Waals surface area (Å²) in [6, 6.07) is 16.9. The van der Waals surface area contributed by atoms with Gasteiger partial charge in [-0.1, -0.05) is 31.9 Å². The van der Waals surface area contributed by atoms with Gasteiger partial charge in [-0.05, 0) is 72.8 Å². The molecular weight excluding hydrogens is 785 g/mol. The third kappa shape index (κ3) is 10.5. The van der Waals surface area contributed by atoms with E-state index >= 15 is 0 Å². The molecule has 2 saturated heterocycles. The van der Waals surface area contributed by atoms with Crippen LogP contribution in [-0.2, 0) is 28.4 Å². The van der Waals surface area contributed by atoms with Gasteiger partial charge in [0.25, 0.3) is 0 Å². The number of hydrogen-bond acceptors (Lipinski definition) is 10. The number of phenols is 1. The van der Waals surface area contributed by atoms with Crippen LogP contribution in [0.2, 0.25) is 0 Å². The number of methoxy groups -OCH3 is 2. The van der Waals surface area contributed by atoms with Crippen LogP contribution in [0.4, 0.5) is 13.2 Å². The summed E-state index contributed by atoms with van der Waals surface area (Å²) in [7, 11) is 2.41. The van der Waals surface area contributed by atoms with E-state index in [9.17, 15) is 27.9 Å². The number of carbonyl (C=O) groups is 2. The lowest BCUT2D eigenvalue weighted by molar-refractivity contribution is -0.0449. The predicted molar refractivity (Wildman–Crippen MR) is 175 cm³/mol. The summed E-state index contributed by atoms with van der Waals surface area (Å²) >= 11 is 6.80. The maximum atomic E-state index is 14.1. The third-order valence-electron chi connectivity index (χ3n) is 6.62. The SMILES string of the molecule is COC(=O)c1ccc(F)c(F)c1.COC(=O)c1ccc(Oc2ccc(Br)c(C3OCCO3)c2)c(F)c1.Oc1ccc(Br)c(C2OCCO2)c1. The average molecular weight is 814 g/mol. The van der Waals surface area contributed by atoms with Gasteiger partial charge in [-0.15, -0.1) is 0 Å². The molecule has 260 valence electrons. The topological polar surface area (TPSA) is 119 Å². The Morgan fingerprint density at radius 3 is 1.65 bits per heavy atom. The Hall–Kier alpha value is -3.99. The van der Waals surface area contributed by atoms with Crippen molar-refractivity contribution in [2.45, 2.75) is 12.6 Å². The minimum Gasteiger partial charge on any atom is -0.508 e. The molecular formula is C34H29Br2F3O10. The highest BCUT2D eigenvalue weighted by Gasteiger charge is 2.22. The van der Waals surface area contributed by atoms with Crippen molar-refractivity contribution in [1.29, 1.82) is 0 Å². The standard InChI is InChI=1S/C17H14BrFO5.C9H9BrO3.C8H6F2O2/c1-21-16(20)10-2-5-15(14(19)8-10)24-11-3-4-13(18)12(9-11)17-22-6-7-23-17;10-8-2-1-6(11)5-7(8)9-12-3-4-13-9;1-12-8(11)5-2-3-6(9)7(10)4-5/h2-5,8-9,17H,6-7H2,1H3;1-2,5,9,11H,3-4H2;2-4H,1H3. The molecule has 2 aliphatic heterocycles. The van der Waals surface area contributed by atoms with E-state index in [1.807, 2.05) is 0 Å². The van der Waals surface area contributed by atoms with Gasteiger partial charge in [0.2, 0.25) is 0 Å². The molecule has 0 amide bonds. The van der Waals surface area contributed by atoms with Gasteiger partial charge in [0, 0.05) is 20.1 Å². The lowest BCUT2D eigenvalue weighted by atomic mass is 10.2. The van der Waals surface area contributed by atoms with Gasteiger partial charge in [0.1, 0.15) is 11.5 Å². The summed E-state index contributed by atoms with van der Waals surface area (Å²) < 4.78 is 76.6. The third-order valence-corrected chi connectivity index (χ3v) is 8.06. The molecule has 0 aliphatic carbocycles. The molecule has 0 unspecified atom stereocenters. The Morgan fingerprint density at radius 2 is 1.14 bits per heavy atom. The molecule has 0 spiro atoms. The molecule has 0 bridgehead atoms. The van der Waals surface area contributed by atoms with Crippen molar-refractivity contribution >= 4 is 43.8 Å². The van der Waals surface area contributed by atoms with E-state index in [0.717, 1.165) is 44.3 Å². The zero-order valence-electron chi connectivity index (χ0n) is 25.9. The van der Waals surface area contributed by atoms with Crippen LogP contribution < -0.4 is 4.74 Å². The van der Waals surface area contributed by atoms with E-state index in [2.05, 4.69) is 41.3 Å². The normalized spacial score (nSPS) is 14.3. The Labute approximate surface area is 295 Å². The van der Waals surface area contributed by atoms with Crippen LogP contribution in [0.3, 0.4) is 0 Å². The molecule has 2 heterocycles. The Morgan fingerprint density at radius 1 is 0.653 bits per heavy atom. The summed E-state index contributed by atoms with van der Waals surface area (Å²) in [6.07, 6.45) is -0.823.